The van der Waals surface area contributed by atoms with Gasteiger partial charge < -0.3 is 10.4 Å². The molecule has 1 aromatic heterocycles. The van der Waals surface area contributed by atoms with Gasteiger partial charge in [0.1, 0.15) is 0 Å². The maximum Gasteiger partial charge on any atom is 0.0869 e. The van der Waals surface area contributed by atoms with Crippen LogP contribution in [0.15, 0.2) is 36.5 Å². The van der Waals surface area contributed by atoms with Crippen molar-refractivity contribution in [2.24, 2.45) is 0 Å². The molecule has 1 atom stereocenters. The molecule has 4 nitrogen and oxygen atoms in total. The van der Waals surface area contributed by atoms with E-state index in [9.17, 15) is 5.11 Å². The predicted octanol–water partition coefficient (Wildman–Crippen LogP) is 2.14. The summed E-state index contributed by atoms with van der Waals surface area (Å²) in [7, 11) is 0. The van der Waals surface area contributed by atoms with Gasteiger partial charge in [0, 0.05) is 30.6 Å². The van der Waals surface area contributed by atoms with Crippen molar-refractivity contribution in [1.29, 1.82) is 0 Å². The van der Waals surface area contributed by atoms with E-state index in [1.807, 2.05) is 53.7 Å². The van der Waals surface area contributed by atoms with Gasteiger partial charge in [0.2, 0.25) is 0 Å². The van der Waals surface area contributed by atoms with Crippen molar-refractivity contribution < 1.29 is 5.11 Å². The van der Waals surface area contributed by atoms with Crippen molar-refractivity contribution in [2.75, 3.05) is 18.1 Å². The third-order valence-corrected chi connectivity index (χ3v) is 5.11. The maximum absolute atomic E-state index is 10.3. The minimum absolute atomic E-state index is 0.534. The first-order valence-electron chi connectivity index (χ1n) is 7.28. The number of hydrogen-bond acceptors (Lipinski definition) is 4. The minimum atomic E-state index is -0.534. The highest BCUT2D eigenvalue weighted by Gasteiger charge is 2.31. The molecule has 1 unspecified atom stereocenters. The number of benzene rings is 1. The molecule has 1 fully saturated rings. The number of nitrogens with zero attached hydrogens (tertiary/aromatic N) is 2. The van der Waals surface area contributed by atoms with E-state index in [4.69, 9.17) is 0 Å². The van der Waals surface area contributed by atoms with Crippen LogP contribution in [0.1, 0.15) is 17.7 Å². The van der Waals surface area contributed by atoms with Crippen LogP contribution in [0.2, 0.25) is 0 Å². The summed E-state index contributed by atoms with van der Waals surface area (Å²) >= 11 is 1.83. The fourth-order valence-corrected chi connectivity index (χ4v) is 3.84. The Bertz CT molecular complexity index is 591. The number of rotatable bonds is 5. The third-order valence-electron chi connectivity index (χ3n) is 3.87. The second kappa shape index (κ2) is 6.22. The van der Waals surface area contributed by atoms with Crippen LogP contribution in [0.25, 0.3) is 5.69 Å². The fourth-order valence-electron chi connectivity index (χ4n) is 2.55. The lowest BCUT2D eigenvalue weighted by Crippen LogP contribution is -2.40. The van der Waals surface area contributed by atoms with E-state index in [0.29, 0.717) is 6.54 Å². The first-order chi connectivity index (χ1) is 10.2. The first kappa shape index (κ1) is 14.6. The summed E-state index contributed by atoms with van der Waals surface area (Å²) in [5.41, 5.74) is 2.73. The van der Waals surface area contributed by atoms with Crippen molar-refractivity contribution in [3.8, 4) is 5.69 Å². The molecule has 0 bridgehead atoms. The van der Waals surface area contributed by atoms with E-state index in [-0.39, 0.29) is 0 Å². The zero-order valence-electron chi connectivity index (χ0n) is 12.2. The molecule has 2 heterocycles. The van der Waals surface area contributed by atoms with Crippen LogP contribution in [0, 0.1) is 6.92 Å². The molecule has 21 heavy (non-hydrogen) atoms. The topological polar surface area (TPSA) is 50.1 Å². The molecular weight excluding hydrogens is 282 g/mol. The normalized spacial score (nSPS) is 21.8. The Morgan fingerprint density at radius 3 is 2.90 bits per heavy atom. The zero-order chi connectivity index (χ0) is 14.7. The van der Waals surface area contributed by atoms with Gasteiger partial charge in [-0.05, 0) is 31.2 Å². The second-order valence-electron chi connectivity index (χ2n) is 5.65. The Hall–Kier alpha value is -1.30. The molecule has 0 radical (unpaired) electrons. The number of para-hydroxylation sites is 1. The third kappa shape index (κ3) is 3.48. The Balaban J connectivity index is 1.62. The lowest BCUT2D eigenvalue weighted by Gasteiger charge is -2.21. The lowest BCUT2D eigenvalue weighted by atomic mass is 10.0. The van der Waals surface area contributed by atoms with Crippen LogP contribution in [-0.2, 0) is 6.54 Å². The van der Waals surface area contributed by atoms with Gasteiger partial charge >= 0.3 is 0 Å². The molecular formula is C16H21N3OS. The summed E-state index contributed by atoms with van der Waals surface area (Å²) in [6, 6.07) is 10.1. The number of aliphatic hydroxyl groups is 1. The molecule has 1 aliphatic rings. The maximum atomic E-state index is 10.3. The van der Waals surface area contributed by atoms with E-state index >= 15 is 0 Å². The molecule has 112 valence electrons. The quantitative estimate of drug-likeness (QED) is 0.888. The van der Waals surface area contributed by atoms with Crippen molar-refractivity contribution in [3.05, 3.63) is 47.8 Å². The fraction of sp³-hybridized carbons (Fsp3) is 0.438. The van der Waals surface area contributed by atoms with Gasteiger partial charge in [0.15, 0.2) is 0 Å². The predicted molar refractivity (Wildman–Crippen MR) is 86.9 cm³/mol. The molecule has 0 spiro atoms. The molecule has 2 aromatic rings. The van der Waals surface area contributed by atoms with E-state index in [0.717, 1.165) is 35.9 Å². The van der Waals surface area contributed by atoms with Gasteiger partial charge in [-0.15, -0.1) is 0 Å². The highest BCUT2D eigenvalue weighted by atomic mass is 32.2. The van der Waals surface area contributed by atoms with Crippen molar-refractivity contribution in [3.63, 3.8) is 0 Å². The monoisotopic (exact) mass is 303 g/mol. The smallest absolute Gasteiger partial charge is 0.0869 e. The Kier molecular flexibility index (Phi) is 4.33. The number of aryl methyl sites for hydroxylation is 1. The Morgan fingerprint density at radius 1 is 1.38 bits per heavy atom. The van der Waals surface area contributed by atoms with Crippen molar-refractivity contribution in [1.82, 2.24) is 15.1 Å². The largest absolute Gasteiger partial charge is 0.388 e. The summed E-state index contributed by atoms with van der Waals surface area (Å²) in [6.07, 6.45) is 2.94. The van der Waals surface area contributed by atoms with Crippen LogP contribution < -0.4 is 5.32 Å². The highest BCUT2D eigenvalue weighted by Crippen LogP contribution is 2.27. The standard InChI is InChI=1S/C16H21N3OS/c1-13-14(9-17-11-16(20)7-8-21-12-16)10-19(18-13)15-5-3-2-4-6-15/h2-6,10,17,20H,7-9,11-12H2,1H3. The van der Waals surface area contributed by atoms with Crippen LogP contribution >= 0.6 is 11.8 Å². The zero-order valence-corrected chi connectivity index (χ0v) is 13.1. The van der Waals surface area contributed by atoms with Crippen molar-refractivity contribution >= 4 is 11.8 Å². The molecule has 1 aliphatic heterocycles. The minimum Gasteiger partial charge on any atom is -0.388 e. The number of aromatic nitrogens is 2. The molecule has 0 saturated carbocycles. The van der Waals surface area contributed by atoms with Crippen LogP contribution in [0.4, 0.5) is 0 Å². The van der Waals surface area contributed by atoms with E-state index in [1.54, 1.807) is 0 Å². The van der Waals surface area contributed by atoms with Crippen molar-refractivity contribution in [2.45, 2.75) is 25.5 Å². The summed E-state index contributed by atoms with van der Waals surface area (Å²) in [5.74, 6) is 1.89. The van der Waals surface area contributed by atoms with Gasteiger partial charge in [0.25, 0.3) is 0 Å². The Morgan fingerprint density at radius 2 is 2.19 bits per heavy atom. The van der Waals surface area contributed by atoms with Crippen LogP contribution in [0.5, 0.6) is 0 Å². The summed E-state index contributed by atoms with van der Waals surface area (Å²) in [5, 5.41) is 18.2. The number of thioether (sulfide) groups is 1. The highest BCUT2D eigenvalue weighted by molar-refractivity contribution is 7.99. The molecule has 0 aliphatic carbocycles. The summed E-state index contributed by atoms with van der Waals surface area (Å²) in [4.78, 5) is 0. The first-order valence-corrected chi connectivity index (χ1v) is 8.43. The molecule has 1 aromatic carbocycles. The van der Waals surface area contributed by atoms with Crippen LogP contribution in [0.3, 0.4) is 0 Å². The van der Waals surface area contributed by atoms with Gasteiger partial charge in [0.05, 0.1) is 17.0 Å². The van der Waals surface area contributed by atoms with Crippen LogP contribution in [-0.4, -0.2) is 38.5 Å². The average molecular weight is 303 g/mol. The molecule has 0 amide bonds. The Labute approximate surface area is 129 Å². The van der Waals surface area contributed by atoms with E-state index in [2.05, 4.69) is 16.6 Å². The second-order valence-corrected chi connectivity index (χ2v) is 6.76. The molecule has 1 saturated heterocycles. The SMILES string of the molecule is Cc1nn(-c2ccccc2)cc1CNCC1(O)CCSC1. The molecule has 3 rings (SSSR count). The summed E-state index contributed by atoms with van der Waals surface area (Å²) < 4.78 is 1.91. The van der Waals surface area contributed by atoms with Gasteiger partial charge in [-0.2, -0.15) is 16.9 Å². The number of nitrogens with one attached hydrogen (secondary N) is 1. The van der Waals surface area contributed by atoms with Gasteiger partial charge in [-0.3, -0.25) is 0 Å². The van der Waals surface area contributed by atoms with Gasteiger partial charge in [-0.25, -0.2) is 4.68 Å². The number of hydrogen-bond donors (Lipinski definition) is 2. The summed E-state index contributed by atoms with van der Waals surface area (Å²) in [6.45, 7) is 3.41. The average Bonchev–Trinajstić information content (AvgIpc) is 3.07. The molecule has 2 N–H and O–H groups in total. The van der Waals surface area contributed by atoms with E-state index < -0.39 is 5.60 Å². The van der Waals surface area contributed by atoms with E-state index in [1.165, 1.54) is 5.56 Å². The lowest BCUT2D eigenvalue weighted by molar-refractivity contribution is 0.0674. The molecule has 5 heteroatoms. The van der Waals surface area contributed by atoms with Gasteiger partial charge in [-0.1, -0.05) is 18.2 Å².